The maximum Gasteiger partial charge on any atom is 0.273 e. The third-order valence-electron chi connectivity index (χ3n) is 8.33. The molecule has 3 aromatic rings. The summed E-state index contributed by atoms with van der Waals surface area (Å²) in [5.74, 6) is 0.184. The first kappa shape index (κ1) is 26.5. The van der Waals surface area contributed by atoms with Crippen LogP contribution in [0.15, 0.2) is 11.0 Å². The molecule has 38 heavy (non-hydrogen) atoms. The maximum atomic E-state index is 13.0. The monoisotopic (exact) mass is 544 g/mol. The molecule has 12 nitrogen and oxygen atoms in total. The third kappa shape index (κ3) is 5.13. The topological polar surface area (TPSA) is 148 Å². The Kier molecular flexibility index (Phi) is 7.16. The summed E-state index contributed by atoms with van der Waals surface area (Å²) in [5, 5.41) is 15.2. The Hall–Kier alpha value is -3.06. The molecule has 0 atom stereocenters. The molecule has 1 saturated carbocycles. The van der Waals surface area contributed by atoms with Gasteiger partial charge in [-0.15, -0.1) is 5.10 Å². The number of rotatable bonds is 6. The fraction of sp³-hybridized carbons (Fsp3) is 0.640. The number of piperidine rings is 1. The van der Waals surface area contributed by atoms with Crippen molar-refractivity contribution >= 4 is 27.0 Å². The summed E-state index contributed by atoms with van der Waals surface area (Å²) in [6, 6.07) is 0.206. The van der Waals surface area contributed by atoms with E-state index in [0.717, 1.165) is 61.0 Å². The highest BCUT2D eigenvalue weighted by atomic mass is 32.2. The van der Waals surface area contributed by atoms with Gasteiger partial charge in [-0.25, -0.2) is 22.4 Å². The molecule has 0 aromatic carbocycles. The molecule has 0 spiro atoms. The van der Waals surface area contributed by atoms with Gasteiger partial charge in [0.15, 0.2) is 5.65 Å². The van der Waals surface area contributed by atoms with Crippen LogP contribution in [0.3, 0.4) is 0 Å². The van der Waals surface area contributed by atoms with Crippen LogP contribution in [0.1, 0.15) is 73.0 Å². The first-order valence-corrected chi connectivity index (χ1v) is 15.1. The summed E-state index contributed by atoms with van der Waals surface area (Å²) in [4.78, 5) is 29.9. The largest absolute Gasteiger partial charge is 0.352 e. The van der Waals surface area contributed by atoms with Crippen LogP contribution in [-0.2, 0) is 28.4 Å². The molecule has 13 heteroatoms. The minimum absolute atomic E-state index is 0.0289. The number of carbonyl (C=O) groups is 1. The quantitative estimate of drug-likeness (QED) is 0.479. The van der Waals surface area contributed by atoms with Crippen molar-refractivity contribution in [3.63, 3.8) is 0 Å². The number of nitrogens with zero attached hydrogens (tertiary/aromatic N) is 6. The zero-order chi connectivity index (χ0) is 27.2. The molecule has 1 saturated heterocycles. The van der Waals surface area contributed by atoms with Crippen LogP contribution in [0.4, 0.5) is 0 Å². The molecule has 4 heterocycles. The molecular weight excluding hydrogens is 508 g/mol. The number of hydrogen-bond donors (Lipinski definition) is 2. The lowest BCUT2D eigenvalue weighted by molar-refractivity contribution is -0.126. The maximum absolute atomic E-state index is 13.0. The predicted octanol–water partition coefficient (Wildman–Crippen LogP) is 1.66. The number of aromatic amines is 1. The van der Waals surface area contributed by atoms with Crippen molar-refractivity contribution in [1.29, 1.82) is 0 Å². The van der Waals surface area contributed by atoms with E-state index < -0.39 is 10.0 Å². The Balaban J connectivity index is 1.15. The van der Waals surface area contributed by atoms with Crippen LogP contribution in [0, 0.1) is 19.8 Å². The van der Waals surface area contributed by atoms with Crippen molar-refractivity contribution < 1.29 is 13.2 Å². The summed E-state index contributed by atoms with van der Waals surface area (Å²) >= 11 is 0. The van der Waals surface area contributed by atoms with Crippen molar-refractivity contribution in [1.82, 2.24) is 39.4 Å². The Morgan fingerprint density at radius 1 is 1.13 bits per heavy atom. The second-order valence-corrected chi connectivity index (χ2v) is 12.8. The second-order valence-electron chi connectivity index (χ2n) is 10.8. The van der Waals surface area contributed by atoms with E-state index >= 15 is 0 Å². The van der Waals surface area contributed by atoms with Gasteiger partial charge in [0.25, 0.3) is 5.56 Å². The number of aryl methyl sites for hydroxylation is 3. The Morgan fingerprint density at radius 3 is 2.47 bits per heavy atom. The van der Waals surface area contributed by atoms with Gasteiger partial charge in [0.2, 0.25) is 15.9 Å². The Labute approximate surface area is 221 Å². The lowest BCUT2D eigenvalue weighted by atomic mass is 9.85. The normalized spacial score (nSPS) is 21.7. The van der Waals surface area contributed by atoms with Gasteiger partial charge >= 0.3 is 0 Å². The molecule has 2 N–H and O–H groups in total. The molecule has 3 aromatic heterocycles. The van der Waals surface area contributed by atoms with Crippen LogP contribution < -0.4 is 10.9 Å². The number of fused-ring (bicyclic) bond motifs is 1. The molecule has 2 fully saturated rings. The average Bonchev–Trinajstić information content (AvgIpc) is 3.48. The minimum atomic E-state index is -3.15. The molecule has 1 aliphatic carbocycles. The first-order valence-electron chi connectivity index (χ1n) is 13.2. The first-order chi connectivity index (χ1) is 18.0. The number of aromatic nitrogens is 6. The summed E-state index contributed by atoms with van der Waals surface area (Å²) in [5.41, 5.74) is 3.91. The number of H-pyrrole nitrogens is 1. The summed E-state index contributed by atoms with van der Waals surface area (Å²) in [6.07, 6.45) is 7.99. The number of hydrogen-bond acceptors (Lipinski definition) is 7. The molecule has 0 unspecified atom stereocenters. The summed E-state index contributed by atoms with van der Waals surface area (Å²) < 4.78 is 28.6. The predicted molar refractivity (Wildman–Crippen MR) is 142 cm³/mol. The lowest BCUT2D eigenvalue weighted by Crippen LogP contribution is -2.37. The van der Waals surface area contributed by atoms with Gasteiger partial charge in [-0.2, -0.15) is 0 Å². The van der Waals surface area contributed by atoms with E-state index in [1.807, 2.05) is 24.7 Å². The third-order valence-corrected chi connectivity index (χ3v) is 9.63. The highest BCUT2D eigenvalue weighted by Crippen LogP contribution is 2.34. The molecule has 0 bridgehead atoms. The SMILES string of the molecule is Cc1nc2c(c(C)c1CNC(=O)C1CCC(n3cc(C4CCN(S(C)(=O)=O)CC4)nn3)CC1)c(=O)[nH]n2C. The zero-order valence-corrected chi connectivity index (χ0v) is 23.2. The molecule has 1 aliphatic heterocycles. The molecule has 5 rings (SSSR count). The van der Waals surface area contributed by atoms with E-state index in [0.29, 0.717) is 30.7 Å². The molecule has 0 radical (unpaired) electrons. The van der Waals surface area contributed by atoms with Crippen molar-refractivity contribution in [2.24, 2.45) is 13.0 Å². The number of sulfonamides is 1. The zero-order valence-electron chi connectivity index (χ0n) is 22.4. The van der Waals surface area contributed by atoms with Crippen molar-refractivity contribution in [3.05, 3.63) is 39.1 Å². The van der Waals surface area contributed by atoms with Gasteiger partial charge in [0.05, 0.1) is 23.4 Å². The van der Waals surface area contributed by atoms with Crippen LogP contribution >= 0.6 is 0 Å². The van der Waals surface area contributed by atoms with E-state index in [2.05, 4.69) is 25.7 Å². The van der Waals surface area contributed by atoms with E-state index in [9.17, 15) is 18.0 Å². The van der Waals surface area contributed by atoms with Crippen LogP contribution in [-0.4, -0.2) is 67.7 Å². The number of carbonyl (C=O) groups excluding carboxylic acids is 1. The van der Waals surface area contributed by atoms with Gasteiger partial charge in [0.1, 0.15) is 0 Å². The highest BCUT2D eigenvalue weighted by molar-refractivity contribution is 7.88. The van der Waals surface area contributed by atoms with Crippen LogP contribution in [0.5, 0.6) is 0 Å². The summed E-state index contributed by atoms with van der Waals surface area (Å²) in [6.45, 7) is 5.18. The van der Waals surface area contributed by atoms with E-state index in [1.54, 1.807) is 11.7 Å². The molecule has 206 valence electrons. The van der Waals surface area contributed by atoms with Gasteiger partial charge in [0, 0.05) is 50.4 Å². The lowest BCUT2D eigenvalue weighted by Gasteiger charge is -2.29. The van der Waals surface area contributed by atoms with Gasteiger partial charge in [-0.1, -0.05) is 5.21 Å². The van der Waals surface area contributed by atoms with E-state index in [1.165, 1.54) is 10.6 Å². The Morgan fingerprint density at radius 2 is 1.82 bits per heavy atom. The summed E-state index contributed by atoms with van der Waals surface area (Å²) in [7, 11) is -1.39. The van der Waals surface area contributed by atoms with E-state index in [4.69, 9.17) is 0 Å². The Bertz CT molecular complexity index is 1510. The smallest absolute Gasteiger partial charge is 0.273 e. The van der Waals surface area contributed by atoms with Gasteiger partial charge in [-0.05, 0) is 63.5 Å². The standard InChI is InChI=1S/C25H36N8O4S/c1-15-20(16(2)27-23-22(15)25(35)29-31(23)3)13-26-24(34)18-5-7-19(8-6-18)33-14-21(28-30-33)17-9-11-32(12-10-17)38(4,36)37/h14,17-19H,5-13H2,1-4H3,(H,26,34)(H,29,35). The fourth-order valence-corrected chi connectivity index (χ4v) is 6.84. The fourth-order valence-electron chi connectivity index (χ4n) is 5.97. The highest BCUT2D eigenvalue weighted by Gasteiger charge is 2.30. The number of pyridine rings is 1. The average molecular weight is 545 g/mol. The number of amides is 1. The van der Waals surface area contributed by atoms with Crippen LogP contribution in [0.2, 0.25) is 0 Å². The van der Waals surface area contributed by atoms with Crippen LogP contribution in [0.25, 0.3) is 11.0 Å². The van der Waals surface area contributed by atoms with Crippen molar-refractivity contribution in [2.45, 2.75) is 70.9 Å². The molecular formula is C25H36N8O4S. The van der Waals surface area contributed by atoms with Crippen molar-refractivity contribution in [3.8, 4) is 0 Å². The molecule has 1 amide bonds. The van der Waals surface area contributed by atoms with E-state index in [-0.39, 0.29) is 29.3 Å². The number of nitrogens with one attached hydrogen (secondary N) is 2. The second kappa shape index (κ2) is 10.3. The minimum Gasteiger partial charge on any atom is -0.352 e. The van der Waals surface area contributed by atoms with Gasteiger partial charge < -0.3 is 5.32 Å². The van der Waals surface area contributed by atoms with Gasteiger partial charge in [-0.3, -0.25) is 19.4 Å². The molecule has 2 aliphatic rings. The van der Waals surface area contributed by atoms with Crippen molar-refractivity contribution in [2.75, 3.05) is 19.3 Å².